The molecule has 0 saturated carbocycles. The zero-order valence-electron chi connectivity index (χ0n) is 32.9. The van der Waals surface area contributed by atoms with Crippen molar-refractivity contribution in [3.63, 3.8) is 0 Å². The van der Waals surface area contributed by atoms with Crippen LogP contribution in [0.1, 0.15) is 25.0 Å². The Bertz CT molecular complexity index is 3250. The molecule has 3 nitrogen and oxygen atoms in total. The third-order valence-corrected chi connectivity index (χ3v) is 23.0. The molecule has 0 amide bonds. The monoisotopic (exact) mass is 815 g/mol. The summed E-state index contributed by atoms with van der Waals surface area (Å²) in [7, 11) is 0. The molecule has 8 aromatic carbocycles. The number of hydrogen-bond acceptors (Lipinski definition) is 2. The van der Waals surface area contributed by atoms with E-state index in [9.17, 15) is 0 Å². The van der Waals surface area contributed by atoms with Crippen molar-refractivity contribution in [1.82, 2.24) is 14.5 Å². The van der Waals surface area contributed by atoms with Crippen LogP contribution >= 0.6 is 0 Å². The van der Waals surface area contributed by atoms with Crippen molar-refractivity contribution in [3.8, 4) is 50.6 Å². The molecular formula is C55H39GeN3. The van der Waals surface area contributed by atoms with E-state index in [1.54, 1.807) is 0 Å². The number of hydrogen-bond donors (Lipinski definition) is 0. The molecule has 1 aliphatic carbocycles. The van der Waals surface area contributed by atoms with Gasteiger partial charge in [-0.25, -0.2) is 0 Å². The van der Waals surface area contributed by atoms with E-state index in [-0.39, 0.29) is 5.41 Å². The van der Waals surface area contributed by atoms with Crippen molar-refractivity contribution in [1.29, 1.82) is 0 Å². The Morgan fingerprint density at radius 1 is 0.475 bits per heavy atom. The van der Waals surface area contributed by atoms with Crippen LogP contribution in [-0.2, 0) is 5.41 Å². The molecule has 0 saturated heterocycles. The van der Waals surface area contributed by atoms with Gasteiger partial charge in [0.2, 0.25) is 0 Å². The van der Waals surface area contributed by atoms with Crippen LogP contribution in [0.3, 0.4) is 0 Å². The third-order valence-electron chi connectivity index (χ3n) is 13.1. The van der Waals surface area contributed by atoms with Gasteiger partial charge in [0.05, 0.1) is 0 Å². The Hall–Kier alpha value is -6.82. The molecular weight excluding hydrogens is 775 g/mol. The second-order valence-electron chi connectivity index (χ2n) is 16.5. The second-order valence-corrected chi connectivity index (χ2v) is 24.2. The molecule has 2 aliphatic rings. The summed E-state index contributed by atoms with van der Waals surface area (Å²) in [4.78, 5) is 11.3. The van der Waals surface area contributed by atoms with E-state index >= 15 is 0 Å². The van der Waals surface area contributed by atoms with E-state index in [1.165, 1.54) is 67.3 Å². The molecule has 278 valence electrons. The number of fused-ring (bicyclic) bond motifs is 10. The fourth-order valence-electron chi connectivity index (χ4n) is 10.5. The fraction of sp³-hybridized carbons (Fsp3) is 0.0545. The third kappa shape index (κ3) is 4.77. The van der Waals surface area contributed by atoms with Crippen LogP contribution in [0.5, 0.6) is 0 Å². The minimum atomic E-state index is -3.68. The summed E-state index contributed by atoms with van der Waals surface area (Å²) >= 11 is -3.68. The number of rotatable bonds is 5. The van der Waals surface area contributed by atoms with Gasteiger partial charge in [-0.05, 0) is 0 Å². The van der Waals surface area contributed by atoms with Gasteiger partial charge in [-0.2, -0.15) is 0 Å². The Balaban J connectivity index is 1.16. The summed E-state index contributed by atoms with van der Waals surface area (Å²) in [5.74, 6) is 0.758. The van der Waals surface area contributed by atoms with Crippen molar-refractivity contribution in [2.24, 2.45) is 0 Å². The van der Waals surface area contributed by atoms with E-state index in [2.05, 4.69) is 219 Å². The minimum absolute atomic E-state index is 0.0808. The van der Waals surface area contributed by atoms with Crippen LogP contribution in [0, 0.1) is 0 Å². The molecule has 12 rings (SSSR count). The van der Waals surface area contributed by atoms with Crippen LogP contribution in [0.2, 0.25) is 0 Å². The van der Waals surface area contributed by atoms with Crippen LogP contribution in [0.15, 0.2) is 200 Å². The van der Waals surface area contributed by atoms with Crippen molar-refractivity contribution in [3.05, 3.63) is 211 Å². The number of benzene rings is 8. The van der Waals surface area contributed by atoms with Gasteiger partial charge < -0.3 is 0 Å². The van der Waals surface area contributed by atoms with Crippen LogP contribution in [0.25, 0.3) is 72.4 Å². The zero-order valence-corrected chi connectivity index (χ0v) is 35.0. The first-order valence-corrected chi connectivity index (χ1v) is 24.7. The van der Waals surface area contributed by atoms with Gasteiger partial charge in [-0.1, -0.05) is 32.0 Å². The van der Waals surface area contributed by atoms with Crippen molar-refractivity contribution in [2.75, 3.05) is 0 Å². The Morgan fingerprint density at radius 3 is 1.86 bits per heavy atom. The summed E-state index contributed by atoms with van der Waals surface area (Å²) in [6, 6.07) is 73.6. The van der Waals surface area contributed by atoms with Gasteiger partial charge in [0.15, 0.2) is 0 Å². The van der Waals surface area contributed by atoms with Gasteiger partial charge in [0, 0.05) is 0 Å². The number of aromatic nitrogens is 3. The van der Waals surface area contributed by atoms with Gasteiger partial charge >= 0.3 is 316 Å². The predicted octanol–water partition coefficient (Wildman–Crippen LogP) is 10.6. The predicted molar refractivity (Wildman–Crippen MR) is 247 cm³/mol. The van der Waals surface area contributed by atoms with E-state index in [1.807, 2.05) is 0 Å². The maximum absolute atomic E-state index is 5.72. The fourth-order valence-corrected chi connectivity index (χ4v) is 21.0. The topological polar surface area (TPSA) is 30.7 Å². The molecule has 4 heteroatoms. The van der Waals surface area contributed by atoms with E-state index < -0.39 is 13.3 Å². The summed E-state index contributed by atoms with van der Waals surface area (Å²) < 4.78 is 7.78. The van der Waals surface area contributed by atoms with Crippen molar-refractivity contribution < 1.29 is 0 Å². The van der Waals surface area contributed by atoms with E-state index in [0.717, 1.165) is 33.9 Å². The molecule has 59 heavy (non-hydrogen) atoms. The van der Waals surface area contributed by atoms with Gasteiger partial charge in [-0.15, -0.1) is 0 Å². The Labute approximate surface area is 346 Å². The maximum atomic E-state index is 5.72. The normalized spacial score (nSPS) is 14.2. The summed E-state index contributed by atoms with van der Waals surface area (Å²) in [6.45, 7) is 4.73. The molecule has 0 radical (unpaired) electrons. The molecule has 0 spiro atoms. The standard InChI is InChI=1S/C55H39GeN3/c1-55(2)44-30-15-12-27-41(44)49-45(55)33-34-48-50(49)43-29-14-17-32-47(43)59(48)40-26-18-21-37(35-40)52-51-42-28-13-16-31-46(42)56(38-22-8-4-9-23-38,39-24-10-5-11-25-39)53(51)58-54(57-52)36-19-6-3-7-20-36/h3-35H,1-2H3. The van der Waals surface area contributed by atoms with Gasteiger partial charge in [0.1, 0.15) is 0 Å². The molecule has 1 aliphatic heterocycles. The van der Waals surface area contributed by atoms with E-state index in [0.29, 0.717) is 0 Å². The van der Waals surface area contributed by atoms with Crippen LogP contribution < -0.4 is 17.7 Å². The summed E-state index contributed by atoms with van der Waals surface area (Å²) in [6.07, 6.45) is 0. The zero-order chi connectivity index (χ0) is 39.3. The van der Waals surface area contributed by atoms with Crippen molar-refractivity contribution >= 4 is 52.8 Å². The molecule has 0 fully saturated rings. The molecule has 3 heterocycles. The van der Waals surface area contributed by atoms with Crippen LogP contribution in [-0.4, -0.2) is 27.8 Å². The first-order valence-electron chi connectivity index (χ1n) is 20.5. The van der Waals surface area contributed by atoms with Gasteiger partial charge in [-0.3, -0.25) is 0 Å². The number of para-hydroxylation sites is 1. The van der Waals surface area contributed by atoms with E-state index in [4.69, 9.17) is 9.97 Å². The SMILES string of the molecule is CC1(C)c2ccccc2-c2c1ccc1c2c2ccccc2n1-c1cccc(-c2nc(-c3ccccc3)n[c]3c2-c2cccc[c]2[Ge]3([c]2ccccc2)[c]2ccccc2)c1. The summed E-state index contributed by atoms with van der Waals surface area (Å²) in [5, 5.41) is 2.58. The first-order chi connectivity index (χ1) is 29.0. The Morgan fingerprint density at radius 2 is 1.10 bits per heavy atom. The number of nitrogens with zero attached hydrogens (tertiary/aromatic N) is 3. The molecule has 0 atom stereocenters. The van der Waals surface area contributed by atoms with Crippen LogP contribution in [0.4, 0.5) is 0 Å². The Kier molecular flexibility index (Phi) is 7.45. The molecule has 0 unspecified atom stereocenters. The molecule has 10 aromatic rings. The average molecular weight is 815 g/mol. The molecule has 0 N–H and O–H groups in total. The quantitative estimate of drug-likeness (QED) is 0.162. The van der Waals surface area contributed by atoms with Gasteiger partial charge in [0.25, 0.3) is 0 Å². The average Bonchev–Trinajstić information content (AvgIpc) is 3.88. The first kappa shape index (κ1) is 34.2. The molecule has 2 aromatic heterocycles. The van der Waals surface area contributed by atoms with Crippen molar-refractivity contribution in [2.45, 2.75) is 19.3 Å². The second kappa shape index (κ2) is 12.8. The molecule has 0 bridgehead atoms. The summed E-state index contributed by atoms with van der Waals surface area (Å²) in [5.41, 5.74) is 14.4.